The fourth-order valence-electron chi connectivity index (χ4n) is 2.27. The van der Waals surface area contributed by atoms with Crippen LogP contribution in [0.3, 0.4) is 0 Å². The molecule has 6 nitrogen and oxygen atoms in total. The Morgan fingerprint density at radius 1 is 1.33 bits per heavy atom. The molecule has 2 heterocycles. The van der Waals surface area contributed by atoms with E-state index >= 15 is 0 Å². The van der Waals surface area contributed by atoms with Gasteiger partial charge in [0.1, 0.15) is 0 Å². The number of hydrogen-bond donors (Lipinski definition) is 1. The molecule has 0 spiro atoms. The van der Waals surface area contributed by atoms with Crippen LogP contribution in [0.4, 0.5) is 0 Å². The van der Waals surface area contributed by atoms with Crippen LogP contribution in [0.2, 0.25) is 0 Å². The van der Waals surface area contributed by atoms with Gasteiger partial charge in [0.2, 0.25) is 11.7 Å². The summed E-state index contributed by atoms with van der Waals surface area (Å²) in [6.45, 7) is 9.83. The largest absolute Gasteiger partial charge is 0.338 e. The average molecular weight is 290 g/mol. The van der Waals surface area contributed by atoms with Gasteiger partial charge in [-0.15, -0.1) is 0 Å². The Morgan fingerprint density at radius 2 is 2.05 bits per heavy atom. The van der Waals surface area contributed by atoms with Crippen LogP contribution in [0.1, 0.15) is 32.4 Å². The van der Waals surface area contributed by atoms with Crippen molar-refractivity contribution in [3.8, 4) is 11.4 Å². The van der Waals surface area contributed by atoms with E-state index in [0.717, 1.165) is 12.2 Å². The first-order valence-corrected chi connectivity index (χ1v) is 6.96. The maximum atomic E-state index is 11.9. The minimum absolute atomic E-state index is 0.200. The van der Waals surface area contributed by atoms with Gasteiger partial charge in [-0.3, -0.25) is 9.69 Å². The van der Waals surface area contributed by atoms with Crippen LogP contribution < -0.4 is 5.56 Å². The normalized spacial score (nSPS) is 12.1. The molecule has 0 aliphatic carbocycles. The third-order valence-electron chi connectivity index (χ3n) is 2.91. The van der Waals surface area contributed by atoms with Crippen molar-refractivity contribution in [1.29, 1.82) is 0 Å². The highest BCUT2D eigenvalue weighted by Gasteiger charge is 2.17. The van der Waals surface area contributed by atoms with E-state index in [1.54, 1.807) is 6.07 Å². The van der Waals surface area contributed by atoms with Crippen molar-refractivity contribution in [2.75, 3.05) is 13.6 Å². The summed E-state index contributed by atoms with van der Waals surface area (Å²) in [4.78, 5) is 21.0. The van der Waals surface area contributed by atoms with Crippen molar-refractivity contribution in [1.82, 2.24) is 20.0 Å². The van der Waals surface area contributed by atoms with Crippen molar-refractivity contribution in [3.05, 3.63) is 34.1 Å². The first kappa shape index (κ1) is 15.4. The van der Waals surface area contributed by atoms with Gasteiger partial charge in [-0.2, -0.15) is 4.98 Å². The summed E-state index contributed by atoms with van der Waals surface area (Å²) in [7, 11) is 2.01. The first-order chi connectivity index (χ1) is 9.74. The average Bonchev–Trinajstić information content (AvgIpc) is 2.74. The topological polar surface area (TPSA) is 75.0 Å². The molecule has 2 aromatic heterocycles. The molecule has 0 aliphatic heterocycles. The predicted molar refractivity (Wildman–Crippen MR) is 80.9 cm³/mol. The fourth-order valence-corrected chi connectivity index (χ4v) is 2.27. The molecule has 2 rings (SSSR count). The van der Waals surface area contributed by atoms with Crippen LogP contribution in [0, 0.1) is 12.3 Å². The number of hydrogen-bond acceptors (Lipinski definition) is 5. The van der Waals surface area contributed by atoms with Gasteiger partial charge in [-0.05, 0) is 31.5 Å². The van der Waals surface area contributed by atoms with E-state index in [2.05, 4.69) is 40.8 Å². The zero-order valence-corrected chi connectivity index (χ0v) is 13.2. The van der Waals surface area contributed by atoms with E-state index < -0.39 is 0 Å². The van der Waals surface area contributed by atoms with Crippen molar-refractivity contribution < 1.29 is 4.52 Å². The van der Waals surface area contributed by atoms with Gasteiger partial charge < -0.3 is 9.51 Å². The van der Waals surface area contributed by atoms with Gasteiger partial charge >= 0.3 is 0 Å². The highest BCUT2D eigenvalue weighted by atomic mass is 16.5. The summed E-state index contributed by atoms with van der Waals surface area (Å²) in [5.41, 5.74) is 1.22. The third-order valence-corrected chi connectivity index (χ3v) is 2.91. The maximum absolute atomic E-state index is 11.9. The van der Waals surface area contributed by atoms with E-state index in [-0.39, 0.29) is 11.0 Å². The molecule has 0 unspecified atom stereocenters. The summed E-state index contributed by atoms with van der Waals surface area (Å²) in [6.07, 6.45) is 0. The number of aromatic amines is 1. The molecule has 0 radical (unpaired) electrons. The number of nitrogens with one attached hydrogen (secondary N) is 1. The third kappa shape index (κ3) is 4.26. The fraction of sp³-hybridized carbons (Fsp3) is 0.533. The van der Waals surface area contributed by atoms with Crippen molar-refractivity contribution in [3.63, 3.8) is 0 Å². The number of rotatable bonds is 4. The van der Waals surface area contributed by atoms with Gasteiger partial charge in [0.25, 0.3) is 5.56 Å². The Hall–Kier alpha value is -1.95. The lowest BCUT2D eigenvalue weighted by atomic mass is 9.96. The summed E-state index contributed by atoms with van der Waals surface area (Å²) in [5.74, 6) is 0.840. The van der Waals surface area contributed by atoms with E-state index in [1.807, 2.05) is 20.0 Å². The molecule has 0 amide bonds. The van der Waals surface area contributed by atoms with E-state index in [0.29, 0.717) is 23.8 Å². The smallest absolute Gasteiger partial charge is 0.259 e. The van der Waals surface area contributed by atoms with E-state index in [4.69, 9.17) is 4.52 Å². The molecule has 0 bridgehead atoms. The van der Waals surface area contributed by atoms with Crippen LogP contribution in [0.5, 0.6) is 0 Å². The molecule has 0 fully saturated rings. The number of pyridine rings is 1. The number of nitrogens with zero attached hydrogens (tertiary/aromatic N) is 3. The highest BCUT2D eigenvalue weighted by Crippen LogP contribution is 2.16. The molecule has 0 saturated heterocycles. The zero-order valence-electron chi connectivity index (χ0n) is 13.2. The molecule has 2 aromatic rings. The molecule has 1 N–H and O–H groups in total. The van der Waals surface area contributed by atoms with Crippen molar-refractivity contribution >= 4 is 0 Å². The lowest BCUT2D eigenvalue weighted by molar-refractivity contribution is 0.198. The molecule has 0 atom stereocenters. The zero-order chi connectivity index (χ0) is 15.6. The number of H-pyrrole nitrogens is 1. The van der Waals surface area contributed by atoms with Crippen LogP contribution in [-0.2, 0) is 6.54 Å². The minimum Gasteiger partial charge on any atom is -0.338 e. The Bertz CT molecular complexity index is 667. The number of aryl methyl sites for hydroxylation is 1. The van der Waals surface area contributed by atoms with E-state index in [9.17, 15) is 4.79 Å². The molecular formula is C15H22N4O2. The predicted octanol–water partition coefficient (Wildman–Crippen LogP) is 2.21. The molecule has 0 aromatic carbocycles. The van der Waals surface area contributed by atoms with Gasteiger partial charge in [-0.25, -0.2) is 0 Å². The van der Waals surface area contributed by atoms with Crippen molar-refractivity contribution in [2.45, 2.75) is 34.2 Å². The Morgan fingerprint density at radius 3 is 2.67 bits per heavy atom. The first-order valence-electron chi connectivity index (χ1n) is 6.96. The second kappa shape index (κ2) is 5.81. The van der Waals surface area contributed by atoms with Gasteiger partial charge in [0, 0.05) is 12.2 Å². The summed E-state index contributed by atoms with van der Waals surface area (Å²) in [6, 6.07) is 3.53. The molecular weight excluding hydrogens is 268 g/mol. The van der Waals surface area contributed by atoms with Crippen LogP contribution in [0.25, 0.3) is 11.4 Å². The molecule has 0 saturated carbocycles. The van der Waals surface area contributed by atoms with Gasteiger partial charge in [0.15, 0.2) is 0 Å². The van der Waals surface area contributed by atoms with Crippen LogP contribution in [-0.4, -0.2) is 33.6 Å². The summed E-state index contributed by atoms with van der Waals surface area (Å²) >= 11 is 0. The van der Waals surface area contributed by atoms with E-state index in [1.165, 1.54) is 0 Å². The monoisotopic (exact) mass is 290 g/mol. The molecule has 114 valence electrons. The minimum atomic E-state index is -0.203. The van der Waals surface area contributed by atoms with Crippen LogP contribution >= 0.6 is 0 Å². The summed E-state index contributed by atoms with van der Waals surface area (Å²) in [5, 5.41) is 3.89. The quantitative estimate of drug-likeness (QED) is 0.934. The molecule has 21 heavy (non-hydrogen) atoms. The highest BCUT2D eigenvalue weighted by molar-refractivity contribution is 5.52. The second-order valence-corrected chi connectivity index (χ2v) is 6.63. The molecule has 6 heteroatoms. The molecule has 0 aliphatic rings. The Labute approximate surface area is 124 Å². The van der Waals surface area contributed by atoms with Crippen molar-refractivity contribution in [2.24, 2.45) is 5.41 Å². The maximum Gasteiger partial charge on any atom is 0.259 e. The van der Waals surface area contributed by atoms with Crippen LogP contribution in [0.15, 0.2) is 21.5 Å². The second-order valence-electron chi connectivity index (χ2n) is 6.63. The lowest BCUT2D eigenvalue weighted by Gasteiger charge is -2.25. The lowest BCUT2D eigenvalue weighted by Crippen LogP contribution is -2.28. The standard InChI is InChI=1S/C15H22N4O2/c1-10-6-7-11(14(20)16-10)13-17-12(21-18-13)8-19(5)9-15(2,3)4/h6-7H,8-9H2,1-5H3,(H,16,20). The number of aromatic nitrogens is 3. The summed E-state index contributed by atoms with van der Waals surface area (Å²) < 4.78 is 5.23. The Kier molecular flexibility index (Phi) is 4.27. The van der Waals surface area contributed by atoms with Gasteiger partial charge in [0.05, 0.1) is 12.1 Å². The Balaban J connectivity index is 2.13. The SMILES string of the molecule is Cc1ccc(-c2noc(CN(C)CC(C)(C)C)n2)c(=O)[nH]1. The van der Waals surface area contributed by atoms with Gasteiger partial charge in [-0.1, -0.05) is 25.9 Å².